The molecule has 5 nitrogen and oxygen atoms in total. The van der Waals surface area contributed by atoms with Crippen molar-refractivity contribution in [2.75, 3.05) is 0 Å². The second kappa shape index (κ2) is 10.3. The highest BCUT2D eigenvalue weighted by Gasteiger charge is 2.52. The monoisotopic (exact) mass is 505 g/mol. The Hall–Kier alpha value is -2.08. The second-order valence-corrected chi connectivity index (χ2v) is 11.2. The van der Waals surface area contributed by atoms with Crippen LogP contribution in [0.4, 0.5) is 0 Å². The van der Waals surface area contributed by atoms with Crippen LogP contribution in [0.5, 0.6) is 0 Å². The number of amides is 1. The fourth-order valence-electron chi connectivity index (χ4n) is 5.30. The first-order valence-electron chi connectivity index (χ1n) is 11.6. The van der Waals surface area contributed by atoms with Crippen LogP contribution in [0.25, 0.3) is 0 Å². The number of carbonyl (C=O) groups excluding carboxylic acids is 1. The quantitative estimate of drug-likeness (QED) is 0.430. The largest absolute Gasteiger partial charge is 0.481 e. The molecule has 1 aliphatic heterocycles. The highest BCUT2D eigenvalue weighted by molar-refractivity contribution is 6.30. The number of carboxylic acids is 1. The van der Waals surface area contributed by atoms with Crippen LogP contribution in [-0.2, 0) is 9.59 Å². The number of hydrogen-bond donors (Lipinski definition) is 2. The molecule has 34 heavy (non-hydrogen) atoms. The minimum Gasteiger partial charge on any atom is -0.481 e. The van der Waals surface area contributed by atoms with Crippen molar-refractivity contribution < 1.29 is 19.8 Å². The number of hydrogen-bond acceptors (Lipinski definition) is 3. The van der Waals surface area contributed by atoms with Gasteiger partial charge in [-0.05, 0) is 68.5 Å². The van der Waals surface area contributed by atoms with Crippen molar-refractivity contribution in [1.82, 2.24) is 4.90 Å². The van der Waals surface area contributed by atoms with Gasteiger partial charge >= 0.3 is 5.97 Å². The molecule has 0 aromatic heterocycles. The minimum atomic E-state index is -1.10. The van der Waals surface area contributed by atoms with E-state index in [1.54, 1.807) is 39.0 Å². The average Bonchev–Trinajstić information content (AvgIpc) is 2.73. The Labute approximate surface area is 211 Å². The first-order valence-corrected chi connectivity index (χ1v) is 12.4. The molecule has 4 atom stereocenters. The second-order valence-electron chi connectivity index (χ2n) is 10.3. The van der Waals surface area contributed by atoms with Gasteiger partial charge in [0.05, 0.1) is 23.5 Å². The van der Waals surface area contributed by atoms with Crippen molar-refractivity contribution in [3.8, 4) is 0 Å². The van der Waals surface area contributed by atoms with Crippen molar-refractivity contribution in [1.29, 1.82) is 0 Å². The van der Waals surface area contributed by atoms with E-state index in [-0.39, 0.29) is 30.3 Å². The minimum absolute atomic E-state index is 0.196. The molecule has 2 aromatic carbocycles. The average molecular weight is 506 g/mol. The zero-order valence-corrected chi connectivity index (χ0v) is 21.6. The van der Waals surface area contributed by atoms with Crippen LogP contribution in [0.2, 0.25) is 10.0 Å². The van der Waals surface area contributed by atoms with Crippen molar-refractivity contribution in [3.05, 3.63) is 69.7 Å². The maximum absolute atomic E-state index is 14.1. The number of aliphatic hydroxyl groups is 1. The maximum Gasteiger partial charge on any atom is 0.304 e. The summed E-state index contributed by atoms with van der Waals surface area (Å²) in [5, 5.41) is 21.5. The van der Waals surface area contributed by atoms with Crippen LogP contribution in [0.3, 0.4) is 0 Å². The number of carboxylic acid groups (broad SMARTS) is 1. The van der Waals surface area contributed by atoms with Crippen LogP contribution in [0.1, 0.15) is 76.5 Å². The van der Waals surface area contributed by atoms with E-state index in [2.05, 4.69) is 0 Å². The molecular weight excluding hydrogens is 473 g/mol. The molecule has 1 fully saturated rings. The zero-order chi connectivity index (χ0) is 25.3. The Balaban J connectivity index is 2.24. The van der Waals surface area contributed by atoms with Crippen molar-refractivity contribution in [3.63, 3.8) is 0 Å². The van der Waals surface area contributed by atoms with Gasteiger partial charge in [-0.3, -0.25) is 9.59 Å². The topological polar surface area (TPSA) is 77.8 Å². The predicted octanol–water partition coefficient (Wildman–Crippen LogP) is 6.47. The summed E-state index contributed by atoms with van der Waals surface area (Å²) in [5.41, 5.74) is -0.249. The van der Waals surface area contributed by atoms with Gasteiger partial charge in [-0.1, -0.05) is 61.3 Å². The first kappa shape index (κ1) is 26.5. The zero-order valence-electron chi connectivity index (χ0n) is 20.1. The van der Waals surface area contributed by atoms with Gasteiger partial charge < -0.3 is 15.1 Å². The number of likely N-dealkylation sites (tertiary alicyclic amines) is 1. The third-order valence-electron chi connectivity index (χ3n) is 6.73. The van der Waals surface area contributed by atoms with E-state index in [4.69, 9.17) is 23.2 Å². The molecule has 0 radical (unpaired) electrons. The molecule has 184 valence electrons. The standard InChI is InChI=1S/C27H33Cl2NO4/c1-5-21(14-26(2,3)34)30-24(17-9-11-19(28)12-10-17)22(18-7-6-8-20(29)13-18)15-27(4,25(30)33)16-23(31)32/h6-13,21-22,24,34H,5,14-16H2,1-4H3,(H,31,32). The lowest BCUT2D eigenvalue weighted by Crippen LogP contribution is -2.57. The molecule has 2 aromatic rings. The van der Waals surface area contributed by atoms with E-state index in [1.165, 1.54) is 0 Å². The molecule has 0 aliphatic carbocycles. The number of halogens is 2. The molecule has 1 heterocycles. The summed E-state index contributed by atoms with van der Waals surface area (Å²) in [6, 6.07) is 14.3. The fraction of sp³-hybridized carbons (Fsp3) is 0.481. The molecule has 1 amide bonds. The van der Waals surface area contributed by atoms with E-state index in [0.717, 1.165) is 11.1 Å². The first-order chi connectivity index (χ1) is 15.8. The summed E-state index contributed by atoms with van der Waals surface area (Å²) >= 11 is 12.5. The SMILES string of the molecule is CCC(CC(C)(C)O)N1C(=O)C(C)(CC(=O)O)CC(c2cccc(Cl)c2)C1c1ccc(Cl)cc1. The van der Waals surface area contributed by atoms with E-state index in [9.17, 15) is 19.8 Å². The molecule has 1 aliphatic rings. The van der Waals surface area contributed by atoms with E-state index < -0.39 is 17.0 Å². The molecule has 0 spiro atoms. The smallest absolute Gasteiger partial charge is 0.304 e. The normalized spacial score (nSPS) is 24.2. The van der Waals surface area contributed by atoms with Gasteiger partial charge in [-0.2, -0.15) is 0 Å². The van der Waals surface area contributed by atoms with Gasteiger partial charge in [0.2, 0.25) is 5.91 Å². The summed E-state index contributed by atoms with van der Waals surface area (Å²) < 4.78 is 0. The molecule has 4 unspecified atom stereocenters. The van der Waals surface area contributed by atoms with Gasteiger partial charge in [0.25, 0.3) is 0 Å². The lowest BCUT2D eigenvalue weighted by atomic mass is 9.66. The highest BCUT2D eigenvalue weighted by atomic mass is 35.5. The highest BCUT2D eigenvalue weighted by Crippen LogP contribution is 2.52. The van der Waals surface area contributed by atoms with Crippen LogP contribution in [0.15, 0.2) is 48.5 Å². The summed E-state index contributed by atoms with van der Waals surface area (Å²) in [6.45, 7) is 7.18. The lowest BCUT2D eigenvalue weighted by molar-refractivity contribution is -0.162. The number of nitrogens with zero attached hydrogens (tertiary/aromatic N) is 1. The van der Waals surface area contributed by atoms with Crippen LogP contribution in [0, 0.1) is 5.41 Å². The Bertz CT molecular complexity index is 1030. The van der Waals surface area contributed by atoms with Crippen LogP contribution < -0.4 is 0 Å². The van der Waals surface area contributed by atoms with Crippen molar-refractivity contribution >= 4 is 35.1 Å². The summed E-state index contributed by atoms with van der Waals surface area (Å²) in [5.74, 6) is -1.41. The summed E-state index contributed by atoms with van der Waals surface area (Å²) in [4.78, 5) is 27.8. The molecule has 2 N–H and O–H groups in total. The Morgan fingerprint density at radius 2 is 1.79 bits per heavy atom. The molecule has 0 saturated carbocycles. The molecule has 7 heteroatoms. The van der Waals surface area contributed by atoms with Crippen molar-refractivity contribution in [2.24, 2.45) is 5.41 Å². The van der Waals surface area contributed by atoms with Gasteiger partial charge in [0, 0.05) is 22.0 Å². The fourth-order valence-corrected chi connectivity index (χ4v) is 5.62. The third kappa shape index (κ3) is 5.94. The maximum atomic E-state index is 14.1. The van der Waals surface area contributed by atoms with E-state index >= 15 is 0 Å². The third-order valence-corrected chi connectivity index (χ3v) is 7.22. The summed E-state index contributed by atoms with van der Waals surface area (Å²) in [6.07, 6.45) is 1.07. The van der Waals surface area contributed by atoms with Gasteiger partial charge in [0.15, 0.2) is 0 Å². The Morgan fingerprint density at radius 1 is 1.15 bits per heavy atom. The Kier molecular flexibility index (Phi) is 8.01. The molecular formula is C27H33Cl2NO4. The van der Waals surface area contributed by atoms with E-state index in [0.29, 0.717) is 29.3 Å². The van der Waals surface area contributed by atoms with Crippen LogP contribution >= 0.6 is 23.2 Å². The summed E-state index contributed by atoms with van der Waals surface area (Å²) in [7, 11) is 0. The molecule has 1 saturated heterocycles. The Morgan fingerprint density at radius 3 is 2.32 bits per heavy atom. The number of carbonyl (C=O) groups is 2. The number of aliphatic carboxylic acids is 1. The van der Waals surface area contributed by atoms with Gasteiger partial charge in [0.1, 0.15) is 0 Å². The lowest BCUT2D eigenvalue weighted by Gasteiger charge is -2.52. The number of piperidine rings is 1. The van der Waals surface area contributed by atoms with Gasteiger partial charge in [-0.15, -0.1) is 0 Å². The van der Waals surface area contributed by atoms with E-state index in [1.807, 2.05) is 42.2 Å². The van der Waals surface area contributed by atoms with Crippen LogP contribution in [-0.4, -0.2) is 38.6 Å². The predicted molar refractivity (Wildman–Crippen MR) is 135 cm³/mol. The molecule has 3 rings (SSSR count). The molecule has 0 bridgehead atoms. The van der Waals surface area contributed by atoms with Gasteiger partial charge in [-0.25, -0.2) is 0 Å². The van der Waals surface area contributed by atoms with Crippen molar-refractivity contribution in [2.45, 2.75) is 77.0 Å². The number of rotatable bonds is 8. The number of benzene rings is 2.